The van der Waals surface area contributed by atoms with E-state index in [9.17, 15) is 24.6 Å². The van der Waals surface area contributed by atoms with Crippen molar-refractivity contribution in [3.63, 3.8) is 0 Å². The lowest BCUT2D eigenvalue weighted by Crippen LogP contribution is -2.41. The molecule has 0 spiro atoms. The second kappa shape index (κ2) is 17.5. The molecular formula is C51H45N7O9. The number of hydrogen-bond donors (Lipinski definition) is 3. The van der Waals surface area contributed by atoms with Crippen molar-refractivity contribution in [2.45, 2.75) is 52.2 Å². The summed E-state index contributed by atoms with van der Waals surface area (Å²) in [5, 5.41) is 34.6. The van der Waals surface area contributed by atoms with Gasteiger partial charge in [-0.15, -0.1) is 10.2 Å². The number of phenols is 2. The van der Waals surface area contributed by atoms with Gasteiger partial charge in [0.1, 0.15) is 42.0 Å². The normalized spacial score (nSPS) is 13.9. The fourth-order valence-electron chi connectivity index (χ4n) is 8.59. The largest absolute Gasteiger partial charge is 0.514 e. The lowest BCUT2D eigenvalue weighted by atomic mass is 9.98. The summed E-state index contributed by atoms with van der Waals surface area (Å²) in [4.78, 5) is 46.4. The van der Waals surface area contributed by atoms with Crippen LogP contribution in [0.3, 0.4) is 0 Å². The number of aromatic hydroxyl groups is 2. The summed E-state index contributed by atoms with van der Waals surface area (Å²) in [6, 6.07) is 28.7. The van der Waals surface area contributed by atoms with E-state index in [4.69, 9.17) is 23.9 Å². The number of para-hydroxylation sites is 1. The molecule has 8 aromatic rings. The second-order valence-electron chi connectivity index (χ2n) is 16.8. The summed E-state index contributed by atoms with van der Waals surface area (Å²) in [5.74, 6) is 0.538. The van der Waals surface area contributed by atoms with Crippen LogP contribution in [-0.4, -0.2) is 83.0 Å². The van der Waals surface area contributed by atoms with Gasteiger partial charge in [-0.2, -0.15) is 0 Å². The van der Waals surface area contributed by atoms with Gasteiger partial charge in [-0.3, -0.25) is 14.2 Å². The number of benzene rings is 4. The maximum atomic E-state index is 13.5. The number of carbonyl (C=O) groups is 3. The average Bonchev–Trinajstić information content (AvgIpc) is 3.92. The van der Waals surface area contributed by atoms with Crippen LogP contribution in [0, 0.1) is 0 Å². The Kier molecular flexibility index (Phi) is 11.1. The van der Waals surface area contributed by atoms with E-state index in [1.54, 1.807) is 66.4 Å². The van der Waals surface area contributed by atoms with Crippen LogP contribution in [0.2, 0.25) is 0 Å². The zero-order chi connectivity index (χ0) is 46.3. The van der Waals surface area contributed by atoms with Gasteiger partial charge in [0, 0.05) is 84.1 Å². The first-order valence-electron chi connectivity index (χ1n) is 22.0. The molecule has 1 saturated heterocycles. The Balaban J connectivity index is 0.757. The van der Waals surface area contributed by atoms with Gasteiger partial charge in [-0.1, -0.05) is 32.0 Å². The molecule has 67 heavy (non-hydrogen) atoms. The number of carbonyl (C=O) groups excluding carboxylic acids is 3. The van der Waals surface area contributed by atoms with Crippen LogP contribution < -0.4 is 10.1 Å². The summed E-state index contributed by atoms with van der Waals surface area (Å²) < 4.78 is 26.8. The van der Waals surface area contributed by atoms with E-state index in [1.165, 1.54) is 16.9 Å². The van der Waals surface area contributed by atoms with E-state index in [0.29, 0.717) is 73.0 Å². The predicted octanol–water partition coefficient (Wildman–Crippen LogP) is 9.25. The van der Waals surface area contributed by atoms with Crippen molar-refractivity contribution in [2.75, 3.05) is 19.6 Å². The Morgan fingerprint density at radius 2 is 1.60 bits per heavy atom. The highest BCUT2D eigenvalue weighted by molar-refractivity contribution is 6.01. The maximum absolute atomic E-state index is 13.5. The minimum atomic E-state index is -0.843. The zero-order valence-electron chi connectivity index (χ0n) is 36.8. The molecule has 0 aliphatic carbocycles. The molecule has 0 saturated carbocycles. The first-order valence-corrected chi connectivity index (χ1v) is 22.0. The molecule has 0 unspecified atom stereocenters. The first kappa shape index (κ1) is 42.5. The molecule has 0 atom stereocenters. The number of amides is 2. The predicted molar refractivity (Wildman–Crippen MR) is 248 cm³/mol. The van der Waals surface area contributed by atoms with Crippen LogP contribution in [0.15, 0.2) is 116 Å². The number of hydrogen-bond acceptors (Lipinski definition) is 12. The number of pyridine rings is 2. The van der Waals surface area contributed by atoms with Crippen LogP contribution in [0.1, 0.15) is 77.2 Å². The summed E-state index contributed by atoms with van der Waals surface area (Å²) >= 11 is 0. The molecular weight excluding hydrogens is 855 g/mol. The van der Waals surface area contributed by atoms with Gasteiger partial charge in [0.15, 0.2) is 11.6 Å². The monoisotopic (exact) mass is 899 g/mol. The number of ether oxygens (including phenoxy) is 4. The fourth-order valence-corrected chi connectivity index (χ4v) is 8.59. The molecule has 1 fully saturated rings. The van der Waals surface area contributed by atoms with Crippen molar-refractivity contribution in [2.24, 2.45) is 0 Å². The van der Waals surface area contributed by atoms with Crippen molar-refractivity contribution in [1.29, 1.82) is 0 Å². The molecule has 0 radical (unpaired) electrons. The molecule has 6 heterocycles. The van der Waals surface area contributed by atoms with Gasteiger partial charge in [-0.05, 0) is 91.2 Å². The van der Waals surface area contributed by atoms with Gasteiger partial charge in [0.25, 0.3) is 11.8 Å². The molecule has 16 heteroatoms. The van der Waals surface area contributed by atoms with Crippen LogP contribution in [-0.2, 0) is 20.8 Å². The Morgan fingerprint density at radius 1 is 0.851 bits per heavy atom. The standard InChI is InChI=1S/C51H45N7O9/c1-4-52-49(61)48-55-54-47(40-22-38(29(2)3)43(59)24-44(40)60)58(48)34-11-15-36(16-12-34)65-35-13-9-30(10-14-35)50(62)56-19-17-37(18-20-56)66-51(63)67-45-28-64-27-33-26-57-25-32-21-31-7-5-6-8-41(31)53-46(32)42(57)23-39(33)45/h5-16,21-26,28-29,37,59-60H,4,17-20,27H2,1-3H3,(H,52,61). The van der Waals surface area contributed by atoms with E-state index in [1.807, 2.05) is 61.0 Å². The quantitative estimate of drug-likeness (QED) is 0.110. The van der Waals surface area contributed by atoms with E-state index in [2.05, 4.69) is 21.6 Å². The average molecular weight is 900 g/mol. The van der Waals surface area contributed by atoms with Gasteiger partial charge in [0.05, 0.1) is 22.1 Å². The maximum Gasteiger partial charge on any atom is 0.514 e. The lowest BCUT2D eigenvalue weighted by Gasteiger charge is -2.31. The molecule has 4 aromatic carbocycles. The third-order valence-electron chi connectivity index (χ3n) is 12.0. The third kappa shape index (κ3) is 8.29. The van der Waals surface area contributed by atoms with Crippen LogP contribution in [0.4, 0.5) is 4.79 Å². The molecule has 2 aliphatic rings. The summed E-state index contributed by atoms with van der Waals surface area (Å²) in [6.07, 6.45) is 5.03. The van der Waals surface area contributed by atoms with Crippen LogP contribution in [0.5, 0.6) is 23.0 Å². The molecule has 10 rings (SSSR count). The van der Waals surface area contributed by atoms with Crippen molar-refractivity contribution >= 4 is 51.1 Å². The van der Waals surface area contributed by atoms with Gasteiger partial charge < -0.3 is 43.8 Å². The number of piperidine rings is 1. The van der Waals surface area contributed by atoms with E-state index in [-0.39, 0.29) is 40.7 Å². The topological polar surface area (TPSA) is 192 Å². The summed E-state index contributed by atoms with van der Waals surface area (Å²) in [5.41, 5.74) is 6.10. The Hall–Kier alpha value is -8.40. The first-order chi connectivity index (χ1) is 32.5. The Morgan fingerprint density at radius 3 is 2.34 bits per heavy atom. The fraction of sp³-hybridized carbons (Fsp3) is 0.216. The van der Waals surface area contributed by atoms with E-state index >= 15 is 0 Å². The van der Waals surface area contributed by atoms with Gasteiger partial charge in [-0.25, -0.2) is 9.78 Å². The van der Waals surface area contributed by atoms with Crippen LogP contribution >= 0.6 is 0 Å². The zero-order valence-corrected chi connectivity index (χ0v) is 36.8. The lowest BCUT2D eigenvalue weighted by molar-refractivity contribution is 0.0187. The van der Waals surface area contributed by atoms with Crippen molar-refractivity contribution in [3.8, 4) is 40.1 Å². The third-order valence-corrected chi connectivity index (χ3v) is 12.0. The molecule has 3 N–H and O–H groups in total. The van der Waals surface area contributed by atoms with Gasteiger partial charge >= 0.3 is 6.16 Å². The highest BCUT2D eigenvalue weighted by Crippen LogP contribution is 2.39. The van der Waals surface area contributed by atoms with Crippen LogP contribution in [0.25, 0.3) is 50.2 Å². The number of phenolic OH excluding ortho intramolecular Hbond substituents is 2. The molecule has 2 aliphatic heterocycles. The number of nitrogens with zero attached hydrogens (tertiary/aromatic N) is 6. The number of aromatic nitrogens is 5. The Labute approximate surface area is 383 Å². The Bertz CT molecular complexity index is 3260. The SMILES string of the molecule is CCNC(=O)c1nnc(-c2cc(C(C)C)c(O)cc2O)n1-c1ccc(Oc2ccc(C(=O)N3CCC(OC(=O)OC4=COCc5cn6cc7cc8ccccc8nc7c6cc54)CC3)cc2)cc1. The minimum Gasteiger partial charge on any atom is -0.508 e. The number of nitrogens with one attached hydrogen (secondary N) is 1. The van der Waals surface area contributed by atoms with E-state index < -0.39 is 18.2 Å². The molecule has 16 nitrogen and oxygen atoms in total. The molecule has 0 bridgehead atoms. The molecule has 2 amide bonds. The van der Waals surface area contributed by atoms with Crippen molar-refractivity contribution in [1.82, 2.24) is 34.4 Å². The summed E-state index contributed by atoms with van der Waals surface area (Å²) in [7, 11) is 0. The minimum absolute atomic E-state index is 0.0126. The second-order valence-corrected chi connectivity index (χ2v) is 16.8. The number of likely N-dealkylation sites (tertiary alicyclic amines) is 1. The number of fused-ring (bicyclic) bond motifs is 5. The number of rotatable bonds is 10. The van der Waals surface area contributed by atoms with Crippen molar-refractivity contribution < 1.29 is 43.5 Å². The summed E-state index contributed by atoms with van der Waals surface area (Å²) in [6.45, 7) is 7.09. The molecule has 4 aromatic heterocycles. The van der Waals surface area contributed by atoms with Gasteiger partial charge in [0.2, 0.25) is 5.82 Å². The highest BCUT2D eigenvalue weighted by Gasteiger charge is 2.29. The smallest absolute Gasteiger partial charge is 0.508 e. The van der Waals surface area contributed by atoms with Crippen molar-refractivity contribution in [3.05, 3.63) is 144 Å². The highest BCUT2D eigenvalue weighted by atomic mass is 16.7. The molecule has 338 valence electrons. The van der Waals surface area contributed by atoms with E-state index in [0.717, 1.165) is 38.4 Å².